The topological polar surface area (TPSA) is 12.0 Å². The smallest absolute Gasteiger partial charge is 0.0207 e. The highest BCUT2D eigenvalue weighted by atomic mass is 79.9. The van der Waals surface area contributed by atoms with Crippen LogP contribution >= 0.6 is 15.9 Å². The molecule has 112 valence electrons. The normalized spacial score (nSPS) is 23.5. The van der Waals surface area contributed by atoms with Crippen molar-refractivity contribution in [2.45, 2.75) is 51.9 Å². The van der Waals surface area contributed by atoms with E-state index in [4.69, 9.17) is 0 Å². The molecule has 1 nitrogen and oxygen atoms in total. The first-order valence-corrected chi connectivity index (χ1v) is 9.04. The molecule has 2 rings (SSSR count). The van der Waals surface area contributed by atoms with Gasteiger partial charge in [-0.25, -0.2) is 0 Å². The van der Waals surface area contributed by atoms with Crippen LogP contribution in [0.25, 0.3) is 0 Å². The monoisotopic (exact) mass is 337 g/mol. The summed E-state index contributed by atoms with van der Waals surface area (Å²) in [6.45, 7) is 4.62. The number of rotatable bonds is 6. The van der Waals surface area contributed by atoms with Crippen LogP contribution in [-0.4, -0.2) is 13.1 Å². The highest BCUT2D eigenvalue weighted by Gasteiger charge is 2.24. The minimum absolute atomic E-state index is 0.848. The molecule has 1 saturated carbocycles. The Morgan fingerprint density at radius 1 is 1.10 bits per heavy atom. The average molecular weight is 338 g/mol. The van der Waals surface area contributed by atoms with Crippen molar-refractivity contribution in [2.75, 3.05) is 13.1 Å². The maximum atomic E-state index is 3.71. The molecular formula is C18H28BrN. The third-order valence-corrected chi connectivity index (χ3v) is 5.36. The zero-order valence-corrected chi connectivity index (χ0v) is 14.3. The lowest BCUT2D eigenvalue weighted by atomic mass is 9.83. The quantitative estimate of drug-likeness (QED) is 0.556. The number of nitrogens with one attached hydrogen (secondary N) is 1. The molecule has 0 aliphatic heterocycles. The Hall–Kier alpha value is -0.340. The third kappa shape index (κ3) is 4.89. The standard InChI is InChI=1S/C18H28BrN/c1-2-12-20-14-17-10-5-3-4-8-15(17)13-16-9-6-7-11-18(16)19/h6-7,9,11,15,17,20H,2-5,8,10,12-14H2,1H3. The van der Waals surface area contributed by atoms with Crippen LogP contribution in [0.3, 0.4) is 0 Å². The molecule has 0 heterocycles. The largest absolute Gasteiger partial charge is 0.316 e. The number of hydrogen-bond donors (Lipinski definition) is 1. The van der Waals surface area contributed by atoms with Crippen molar-refractivity contribution in [1.29, 1.82) is 0 Å². The van der Waals surface area contributed by atoms with Gasteiger partial charge >= 0.3 is 0 Å². The SMILES string of the molecule is CCCNCC1CCCCCC1Cc1ccccc1Br. The van der Waals surface area contributed by atoms with Crippen LogP contribution in [0.2, 0.25) is 0 Å². The van der Waals surface area contributed by atoms with Gasteiger partial charge in [0.1, 0.15) is 0 Å². The zero-order valence-electron chi connectivity index (χ0n) is 12.7. The molecule has 2 unspecified atom stereocenters. The highest BCUT2D eigenvalue weighted by molar-refractivity contribution is 9.10. The number of hydrogen-bond acceptors (Lipinski definition) is 1. The molecule has 1 N–H and O–H groups in total. The molecule has 0 spiro atoms. The summed E-state index contributed by atoms with van der Waals surface area (Å²) < 4.78 is 1.28. The lowest BCUT2D eigenvalue weighted by Crippen LogP contribution is -2.29. The maximum absolute atomic E-state index is 3.71. The molecule has 0 amide bonds. The summed E-state index contributed by atoms with van der Waals surface area (Å²) in [6.07, 6.45) is 9.55. The van der Waals surface area contributed by atoms with E-state index < -0.39 is 0 Å². The van der Waals surface area contributed by atoms with E-state index in [9.17, 15) is 0 Å². The molecule has 1 aromatic rings. The average Bonchev–Trinajstić information content (AvgIpc) is 2.67. The van der Waals surface area contributed by atoms with E-state index >= 15 is 0 Å². The molecule has 0 radical (unpaired) electrons. The van der Waals surface area contributed by atoms with E-state index in [1.807, 2.05) is 0 Å². The Kier molecular flexibility index (Phi) is 7.09. The summed E-state index contributed by atoms with van der Waals surface area (Å²) in [4.78, 5) is 0. The fourth-order valence-electron chi connectivity index (χ4n) is 3.41. The summed E-state index contributed by atoms with van der Waals surface area (Å²) in [5.41, 5.74) is 1.49. The Balaban J connectivity index is 1.98. The van der Waals surface area contributed by atoms with Crippen LogP contribution in [0, 0.1) is 11.8 Å². The van der Waals surface area contributed by atoms with Crippen molar-refractivity contribution in [3.63, 3.8) is 0 Å². The molecule has 1 aliphatic carbocycles. The molecule has 1 aliphatic rings. The van der Waals surface area contributed by atoms with E-state index in [2.05, 4.69) is 52.4 Å². The van der Waals surface area contributed by atoms with Gasteiger partial charge in [-0.2, -0.15) is 0 Å². The van der Waals surface area contributed by atoms with E-state index in [0.29, 0.717) is 0 Å². The molecule has 1 fully saturated rings. The Morgan fingerprint density at radius 2 is 1.85 bits per heavy atom. The Bertz CT molecular complexity index is 391. The zero-order chi connectivity index (χ0) is 14.2. The van der Waals surface area contributed by atoms with Crippen molar-refractivity contribution in [3.8, 4) is 0 Å². The van der Waals surface area contributed by atoms with Gasteiger partial charge in [0.05, 0.1) is 0 Å². The van der Waals surface area contributed by atoms with Gasteiger partial charge in [0.25, 0.3) is 0 Å². The van der Waals surface area contributed by atoms with Crippen molar-refractivity contribution in [3.05, 3.63) is 34.3 Å². The summed E-state index contributed by atoms with van der Waals surface area (Å²) >= 11 is 3.71. The third-order valence-electron chi connectivity index (χ3n) is 4.59. The Morgan fingerprint density at radius 3 is 2.60 bits per heavy atom. The van der Waals surface area contributed by atoms with Crippen molar-refractivity contribution >= 4 is 15.9 Å². The molecular weight excluding hydrogens is 310 g/mol. The number of benzene rings is 1. The second-order valence-electron chi connectivity index (χ2n) is 6.16. The van der Waals surface area contributed by atoms with Crippen molar-refractivity contribution in [1.82, 2.24) is 5.32 Å². The van der Waals surface area contributed by atoms with E-state index in [1.165, 1.54) is 61.5 Å². The molecule has 2 heteroatoms. The second kappa shape index (κ2) is 8.84. The lowest BCUT2D eigenvalue weighted by molar-refractivity contribution is 0.298. The molecule has 0 bridgehead atoms. The van der Waals surface area contributed by atoms with Crippen LogP contribution in [0.5, 0.6) is 0 Å². The van der Waals surface area contributed by atoms with Gasteiger partial charge in [0, 0.05) is 4.47 Å². The van der Waals surface area contributed by atoms with Gasteiger partial charge in [0.2, 0.25) is 0 Å². The Labute approximate surface area is 132 Å². The molecule has 2 atom stereocenters. The minimum Gasteiger partial charge on any atom is -0.316 e. The molecule has 1 aromatic carbocycles. The molecule has 0 saturated heterocycles. The van der Waals surface area contributed by atoms with E-state index in [-0.39, 0.29) is 0 Å². The summed E-state index contributed by atoms with van der Waals surface area (Å²) in [5, 5.41) is 3.65. The van der Waals surface area contributed by atoms with Crippen LogP contribution in [0.1, 0.15) is 51.0 Å². The summed E-state index contributed by atoms with van der Waals surface area (Å²) in [6, 6.07) is 8.74. The van der Waals surface area contributed by atoms with Crippen molar-refractivity contribution < 1.29 is 0 Å². The highest BCUT2D eigenvalue weighted by Crippen LogP contribution is 2.32. The van der Waals surface area contributed by atoms with Crippen LogP contribution < -0.4 is 5.32 Å². The molecule has 20 heavy (non-hydrogen) atoms. The first-order valence-electron chi connectivity index (χ1n) is 8.25. The first kappa shape index (κ1) is 16.0. The fourth-order valence-corrected chi connectivity index (χ4v) is 3.86. The van der Waals surface area contributed by atoms with Crippen molar-refractivity contribution in [2.24, 2.45) is 11.8 Å². The summed E-state index contributed by atoms with van der Waals surface area (Å²) in [7, 11) is 0. The van der Waals surface area contributed by atoms with Gasteiger partial charge in [-0.15, -0.1) is 0 Å². The first-order chi connectivity index (χ1) is 9.81. The predicted octanol–water partition coefficient (Wildman–Crippen LogP) is 5.19. The molecule has 0 aromatic heterocycles. The second-order valence-corrected chi connectivity index (χ2v) is 7.01. The van der Waals surface area contributed by atoms with Gasteiger partial charge < -0.3 is 5.32 Å². The minimum atomic E-state index is 0.848. The fraction of sp³-hybridized carbons (Fsp3) is 0.667. The van der Waals surface area contributed by atoms with Crippen LogP contribution in [-0.2, 0) is 6.42 Å². The maximum Gasteiger partial charge on any atom is 0.0207 e. The van der Waals surface area contributed by atoms with E-state index in [1.54, 1.807) is 0 Å². The van der Waals surface area contributed by atoms with Crippen LogP contribution in [0.15, 0.2) is 28.7 Å². The van der Waals surface area contributed by atoms with Gasteiger partial charge in [0.15, 0.2) is 0 Å². The lowest BCUT2D eigenvalue weighted by Gasteiger charge is -2.26. The van der Waals surface area contributed by atoms with E-state index in [0.717, 1.165) is 18.4 Å². The number of halogens is 1. The van der Waals surface area contributed by atoms with Gasteiger partial charge in [-0.3, -0.25) is 0 Å². The van der Waals surface area contributed by atoms with Crippen LogP contribution in [0.4, 0.5) is 0 Å². The predicted molar refractivity (Wildman–Crippen MR) is 91.1 cm³/mol. The van der Waals surface area contributed by atoms with Gasteiger partial charge in [-0.05, 0) is 62.2 Å². The van der Waals surface area contributed by atoms with Gasteiger partial charge in [-0.1, -0.05) is 60.3 Å². The summed E-state index contributed by atoms with van der Waals surface area (Å²) in [5.74, 6) is 1.71.